The normalized spacial score (nSPS) is 19.8. The van der Waals surface area contributed by atoms with Crippen LogP contribution in [0.1, 0.15) is 39.5 Å². The van der Waals surface area contributed by atoms with Crippen LogP contribution in [0.4, 0.5) is 4.79 Å². The topological polar surface area (TPSA) is 77.5 Å². The maximum absolute atomic E-state index is 12.8. The molecular formula is C19H35N5O3. The Bertz CT molecular complexity index is 535. The number of hydrogen-bond acceptors (Lipinski definition) is 4. The highest BCUT2D eigenvalue weighted by Crippen LogP contribution is 2.39. The molecular weight excluding hydrogens is 346 g/mol. The predicted octanol–water partition coefficient (Wildman–Crippen LogP) is 1.37. The predicted molar refractivity (Wildman–Crippen MR) is 106 cm³/mol. The molecule has 1 aliphatic carbocycles. The third-order valence-electron chi connectivity index (χ3n) is 5.39. The molecule has 0 bridgehead atoms. The molecule has 0 aromatic carbocycles. The van der Waals surface area contributed by atoms with Crippen LogP contribution in [0.2, 0.25) is 0 Å². The molecule has 8 nitrogen and oxygen atoms in total. The van der Waals surface area contributed by atoms with Crippen LogP contribution in [-0.2, 0) is 9.53 Å². The van der Waals surface area contributed by atoms with E-state index < -0.39 is 0 Å². The van der Waals surface area contributed by atoms with Gasteiger partial charge in [0.05, 0.1) is 18.6 Å². The van der Waals surface area contributed by atoms with Crippen molar-refractivity contribution in [2.75, 3.05) is 60.0 Å². The standard InChI is InChI=1S/C19H35N5O3/c1-5-20-17(23-11-13-24(14-12-23)18(26)27-6-2)21-15-19(9-7-8-10-19)16(25)22(3)4/h5-15H2,1-4H3,(H,20,21). The third kappa shape index (κ3) is 5.26. The number of carbonyl (C=O) groups excluding carboxylic acids is 2. The number of rotatable bonds is 5. The fraction of sp³-hybridized carbons (Fsp3) is 0.842. The Kier molecular flexibility index (Phi) is 7.74. The molecule has 1 heterocycles. The zero-order valence-electron chi connectivity index (χ0n) is 17.3. The number of piperazine rings is 1. The van der Waals surface area contributed by atoms with Crippen molar-refractivity contribution in [3.05, 3.63) is 0 Å². The highest BCUT2D eigenvalue weighted by atomic mass is 16.6. The van der Waals surface area contributed by atoms with Crippen LogP contribution >= 0.6 is 0 Å². The third-order valence-corrected chi connectivity index (χ3v) is 5.39. The van der Waals surface area contributed by atoms with Gasteiger partial charge in [0.1, 0.15) is 0 Å². The number of aliphatic imine (C=N–C) groups is 1. The molecule has 2 rings (SSSR count). The van der Waals surface area contributed by atoms with Crippen LogP contribution in [0.15, 0.2) is 4.99 Å². The van der Waals surface area contributed by atoms with Gasteiger partial charge >= 0.3 is 6.09 Å². The van der Waals surface area contributed by atoms with E-state index in [1.807, 2.05) is 27.9 Å². The number of carbonyl (C=O) groups is 2. The number of hydrogen-bond donors (Lipinski definition) is 1. The van der Waals surface area contributed by atoms with E-state index >= 15 is 0 Å². The van der Waals surface area contributed by atoms with E-state index in [1.54, 1.807) is 9.80 Å². The van der Waals surface area contributed by atoms with Crippen LogP contribution in [0.25, 0.3) is 0 Å². The molecule has 2 amide bonds. The van der Waals surface area contributed by atoms with E-state index in [4.69, 9.17) is 9.73 Å². The molecule has 8 heteroatoms. The molecule has 1 N–H and O–H groups in total. The summed E-state index contributed by atoms with van der Waals surface area (Å²) in [6.07, 6.45) is 3.74. The maximum atomic E-state index is 12.8. The minimum Gasteiger partial charge on any atom is -0.450 e. The fourth-order valence-electron chi connectivity index (χ4n) is 3.93. The zero-order chi connectivity index (χ0) is 19.9. The molecule has 2 aliphatic rings. The molecule has 1 aliphatic heterocycles. The van der Waals surface area contributed by atoms with Gasteiger partial charge in [-0.2, -0.15) is 0 Å². The molecule has 0 unspecified atom stereocenters. The monoisotopic (exact) mass is 381 g/mol. The lowest BCUT2D eigenvalue weighted by Crippen LogP contribution is -2.54. The first-order valence-corrected chi connectivity index (χ1v) is 10.1. The van der Waals surface area contributed by atoms with Crippen LogP contribution in [0, 0.1) is 5.41 Å². The molecule has 0 spiro atoms. The van der Waals surface area contributed by atoms with Gasteiger partial charge in [-0.05, 0) is 26.7 Å². The Morgan fingerprint density at radius 3 is 2.19 bits per heavy atom. The summed E-state index contributed by atoms with van der Waals surface area (Å²) in [5.41, 5.74) is -0.364. The summed E-state index contributed by atoms with van der Waals surface area (Å²) in [5, 5.41) is 3.35. The van der Waals surface area contributed by atoms with Crippen LogP contribution in [0.3, 0.4) is 0 Å². The molecule has 27 heavy (non-hydrogen) atoms. The number of nitrogens with one attached hydrogen (secondary N) is 1. The smallest absolute Gasteiger partial charge is 0.409 e. The average Bonchev–Trinajstić information content (AvgIpc) is 3.15. The van der Waals surface area contributed by atoms with E-state index in [-0.39, 0.29) is 17.4 Å². The van der Waals surface area contributed by atoms with Crippen molar-refractivity contribution in [2.24, 2.45) is 10.4 Å². The van der Waals surface area contributed by atoms with E-state index in [0.29, 0.717) is 39.3 Å². The largest absolute Gasteiger partial charge is 0.450 e. The van der Waals surface area contributed by atoms with Gasteiger partial charge in [0.15, 0.2) is 5.96 Å². The second-order valence-corrected chi connectivity index (χ2v) is 7.53. The molecule has 0 aromatic heterocycles. The van der Waals surface area contributed by atoms with Crippen LogP contribution < -0.4 is 5.32 Å². The lowest BCUT2D eigenvalue weighted by atomic mass is 9.85. The molecule has 2 fully saturated rings. The number of amides is 2. The second kappa shape index (κ2) is 9.80. The van der Waals surface area contributed by atoms with Crippen molar-refractivity contribution in [3.8, 4) is 0 Å². The minimum atomic E-state index is -0.364. The summed E-state index contributed by atoms with van der Waals surface area (Å²) in [5.74, 6) is 1.02. The molecule has 0 aromatic rings. The Morgan fingerprint density at radius 1 is 1.07 bits per heavy atom. The van der Waals surface area contributed by atoms with Gasteiger partial charge in [0.25, 0.3) is 0 Å². The van der Waals surface area contributed by atoms with Crippen molar-refractivity contribution in [1.29, 1.82) is 0 Å². The van der Waals surface area contributed by atoms with E-state index in [2.05, 4.69) is 10.2 Å². The quantitative estimate of drug-likeness (QED) is 0.575. The van der Waals surface area contributed by atoms with Crippen molar-refractivity contribution >= 4 is 18.0 Å². The first kappa shape index (κ1) is 21.3. The maximum Gasteiger partial charge on any atom is 0.409 e. The number of guanidine groups is 1. The first-order chi connectivity index (χ1) is 12.9. The molecule has 154 valence electrons. The average molecular weight is 382 g/mol. The highest BCUT2D eigenvalue weighted by molar-refractivity contribution is 5.84. The molecule has 0 radical (unpaired) electrons. The van der Waals surface area contributed by atoms with Crippen LogP contribution in [-0.4, -0.2) is 92.6 Å². The summed E-state index contributed by atoms with van der Waals surface area (Å²) >= 11 is 0. The summed E-state index contributed by atoms with van der Waals surface area (Å²) in [4.78, 5) is 35.1. The highest BCUT2D eigenvalue weighted by Gasteiger charge is 2.42. The van der Waals surface area contributed by atoms with Gasteiger partial charge in [-0.1, -0.05) is 12.8 Å². The Labute approximate surface area is 162 Å². The molecule has 1 saturated heterocycles. The van der Waals surface area contributed by atoms with Crippen molar-refractivity contribution in [3.63, 3.8) is 0 Å². The second-order valence-electron chi connectivity index (χ2n) is 7.53. The first-order valence-electron chi connectivity index (χ1n) is 10.1. The fourth-order valence-corrected chi connectivity index (χ4v) is 3.93. The van der Waals surface area contributed by atoms with Gasteiger partial charge < -0.3 is 24.8 Å². The van der Waals surface area contributed by atoms with Crippen molar-refractivity contribution in [2.45, 2.75) is 39.5 Å². The van der Waals surface area contributed by atoms with Crippen molar-refractivity contribution in [1.82, 2.24) is 20.0 Å². The lowest BCUT2D eigenvalue weighted by molar-refractivity contribution is -0.138. The van der Waals surface area contributed by atoms with Gasteiger partial charge in [-0.25, -0.2) is 4.79 Å². The Hall–Kier alpha value is -1.99. The number of nitrogens with zero attached hydrogens (tertiary/aromatic N) is 4. The summed E-state index contributed by atoms with van der Waals surface area (Å²) < 4.78 is 5.08. The summed E-state index contributed by atoms with van der Waals surface area (Å²) in [7, 11) is 3.65. The summed E-state index contributed by atoms with van der Waals surface area (Å²) in [6.45, 7) is 8.19. The SMILES string of the molecule is CCNC(=NCC1(C(=O)N(C)C)CCCC1)N1CCN(C(=O)OCC)CC1. The van der Waals surface area contributed by atoms with E-state index in [0.717, 1.165) is 38.2 Å². The van der Waals surface area contributed by atoms with E-state index in [1.165, 1.54) is 0 Å². The van der Waals surface area contributed by atoms with Crippen molar-refractivity contribution < 1.29 is 14.3 Å². The number of ether oxygens (including phenoxy) is 1. The molecule has 0 atom stereocenters. The minimum absolute atomic E-state index is 0.187. The van der Waals surface area contributed by atoms with Gasteiger partial charge in [-0.3, -0.25) is 9.79 Å². The Balaban J connectivity index is 2.04. The van der Waals surface area contributed by atoms with E-state index in [9.17, 15) is 9.59 Å². The Morgan fingerprint density at radius 2 is 1.67 bits per heavy atom. The van der Waals surface area contributed by atoms with Gasteiger partial charge in [0.2, 0.25) is 5.91 Å². The van der Waals surface area contributed by atoms with Gasteiger partial charge in [0, 0.05) is 46.8 Å². The van der Waals surface area contributed by atoms with Crippen LogP contribution in [0.5, 0.6) is 0 Å². The van der Waals surface area contributed by atoms with Gasteiger partial charge in [-0.15, -0.1) is 0 Å². The lowest BCUT2D eigenvalue weighted by Gasteiger charge is -2.36. The zero-order valence-corrected chi connectivity index (χ0v) is 17.3. The molecule has 1 saturated carbocycles. The summed E-state index contributed by atoms with van der Waals surface area (Å²) in [6, 6.07) is 0.